The summed E-state index contributed by atoms with van der Waals surface area (Å²) in [4.78, 5) is 25.9. The van der Waals surface area contributed by atoms with Gasteiger partial charge in [0.1, 0.15) is 0 Å². The molecule has 3 unspecified atom stereocenters. The molecule has 0 aromatic heterocycles. The Bertz CT molecular complexity index is 356. The number of nitrogens with zero attached hydrogens (tertiary/aromatic N) is 1. The molecule has 2 amide bonds. The number of hydrogen-bond donors (Lipinski definition) is 2. The highest BCUT2D eigenvalue weighted by atomic mass is 16.2. The lowest BCUT2D eigenvalue weighted by atomic mass is 9.96. The van der Waals surface area contributed by atoms with Crippen LogP contribution in [-0.2, 0) is 9.59 Å². The Kier molecular flexibility index (Phi) is 3.73. The van der Waals surface area contributed by atoms with Crippen LogP contribution in [0.1, 0.15) is 38.5 Å². The van der Waals surface area contributed by atoms with E-state index >= 15 is 0 Å². The number of hydrogen-bond acceptors (Lipinski definition) is 3. The molecule has 3 fully saturated rings. The number of rotatable bonds is 2. The molecule has 0 spiro atoms. The van der Waals surface area contributed by atoms with E-state index in [1.54, 1.807) is 0 Å². The van der Waals surface area contributed by atoms with E-state index in [0.29, 0.717) is 31.5 Å². The Morgan fingerprint density at radius 3 is 2.79 bits per heavy atom. The smallest absolute Gasteiger partial charge is 0.227 e. The van der Waals surface area contributed by atoms with Gasteiger partial charge in [0.25, 0.3) is 0 Å². The van der Waals surface area contributed by atoms with Gasteiger partial charge in [0.15, 0.2) is 0 Å². The van der Waals surface area contributed by atoms with Gasteiger partial charge in [-0.25, -0.2) is 0 Å². The number of piperidine rings is 1. The van der Waals surface area contributed by atoms with Crippen molar-refractivity contribution in [3.8, 4) is 0 Å². The topological polar surface area (TPSA) is 61.4 Å². The minimum absolute atomic E-state index is 0.000275. The van der Waals surface area contributed by atoms with Crippen LogP contribution < -0.4 is 10.6 Å². The van der Waals surface area contributed by atoms with Crippen LogP contribution in [0.25, 0.3) is 0 Å². The van der Waals surface area contributed by atoms with Crippen LogP contribution in [0.3, 0.4) is 0 Å². The average Bonchev–Trinajstić information content (AvgIpc) is 3.09. The van der Waals surface area contributed by atoms with Crippen molar-refractivity contribution >= 4 is 11.8 Å². The summed E-state index contributed by atoms with van der Waals surface area (Å²) in [6, 6.07) is 0.872. The van der Waals surface area contributed by atoms with Crippen LogP contribution >= 0.6 is 0 Å². The molecule has 3 aliphatic rings. The van der Waals surface area contributed by atoms with Gasteiger partial charge in [0.05, 0.1) is 5.92 Å². The maximum Gasteiger partial charge on any atom is 0.227 e. The largest absolute Gasteiger partial charge is 0.355 e. The summed E-state index contributed by atoms with van der Waals surface area (Å²) in [5, 5.41) is 6.35. The normalized spacial score (nSPS) is 35.5. The van der Waals surface area contributed by atoms with E-state index in [-0.39, 0.29) is 17.7 Å². The summed E-state index contributed by atoms with van der Waals surface area (Å²) < 4.78 is 0. The molecule has 5 heteroatoms. The molecular formula is C14H23N3O2. The van der Waals surface area contributed by atoms with Gasteiger partial charge < -0.3 is 15.5 Å². The molecule has 3 rings (SSSR count). The first-order chi connectivity index (χ1) is 9.25. The Morgan fingerprint density at radius 2 is 2.11 bits per heavy atom. The van der Waals surface area contributed by atoms with E-state index in [0.717, 1.165) is 25.9 Å². The molecule has 0 radical (unpaired) electrons. The van der Waals surface area contributed by atoms with Gasteiger partial charge in [0.2, 0.25) is 11.8 Å². The van der Waals surface area contributed by atoms with Crippen LogP contribution in [0.5, 0.6) is 0 Å². The molecule has 106 valence electrons. The molecular weight excluding hydrogens is 242 g/mol. The van der Waals surface area contributed by atoms with E-state index in [4.69, 9.17) is 0 Å². The molecule has 3 atom stereocenters. The van der Waals surface area contributed by atoms with Crippen LogP contribution in [0, 0.1) is 5.92 Å². The van der Waals surface area contributed by atoms with Crippen molar-refractivity contribution in [1.29, 1.82) is 0 Å². The third kappa shape index (κ3) is 2.61. The van der Waals surface area contributed by atoms with Gasteiger partial charge in [-0.2, -0.15) is 0 Å². The van der Waals surface area contributed by atoms with Crippen molar-refractivity contribution in [1.82, 2.24) is 15.5 Å². The first-order valence-electron chi connectivity index (χ1n) is 7.56. The van der Waals surface area contributed by atoms with Gasteiger partial charge in [-0.1, -0.05) is 0 Å². The Morgan fingerprint density at radius 1 is 1.21 bits per heavy atom. The number of amides is 2. The van der Waals surface area contributed by atoms with E-state index in [9.17, 15) is 9.59 Å². The lowest BCUT2D eigenvalue weighted by molar-refractivity contribution is -0.138. The number of carbonyl (C=O) groups is 2. The zero-order valence-corrected chi connectivity index (χ0v) is 11.4. The van der Waals surface area contributed by atoms with Gasteiger partial charge in [0, 0.05) is 31.6 Å². The number of carbonyl (C=O) groups excluding carboxylic acids is 2. The molecule has 0 aromatic rings. The Hall–Kier alpha value is -1.10. The molecule has 3 heterocycles. The van der Waals surface area contributed by atoms with Crippen LogP contribution in [-0.4, -0.2) is 48.4 Å². The van der Waals surface area contributed by atoms with Gasteiger partial charge in [-0.3, -0.25) is 9.59 Å². The Labute approximate surface area is 114 Å². The second kappa shape index (κ2) is 5.49. The average molecular weight is 265 g/mol. The predicted octanol–water partition coefficient (Wildman–Crippen LogP) is 0.256. The standard InChI is InChI=1S/C14H23N3O2/c18-13-6-5-10(9-16-13)14(19)17-8-2-4-12(17)11-3-1-7-15-11/h10-12,15H,1-9H2,(H,16,18). The molecule has 3 saturated heterocycles. The number of nitrogens with one attached hydrogen (secondary N) is 2. The highest BCUT2D eigenvalue weighted by Crippen LogP contribution is 2.27. The first kappa shape index (κ1) is 12.9. The molecule has 3 aliphatic heterocycles. The highest BCUT2D eigenvalue weighted by molar-refractivity contribution is 5.84. The van der Waals surface area contributed by atoms with Crippen LogP contribution in [0.4, 0.5) is 0 Å². The van der Waals surface area contributed by atoms with Crippen molar-refractivity contribution in [2.24, 2.45) is 5.92 Å². The fourth-order valence-corrected chi connectivity index (χ4v) is 3.70. The lowest BCUT2D eigenvalue weighted by Gasteiger charge is -2.33. The zero-order chi connectivity index (χ0) is 13.2. The summed E-state index contributed by atoms with van der Waals surface area (Å²) in [5.41, 5.74) is 0. The monoisotopic (exact) mass is 265 g/mol. The van der Waals surface area contributed by atoms with E-state index in [1.807, 2.05) is 0 Å². The summed E-state index contributed by atoms with van der Waals surface area (Å²) in [5.74, 6) is 0.343. The second-order valence-electron chi connectivity index (χ2n) is 5.98. The molecule has 2 N–H and O–H groups in total. The fourth-order valence-electron chi connectivity index (χ4n) is 3.70. The van der Waals surface area contributed by atoms with Crippen molar-refractivity contribution < 1.29 is 9.59 Å². The van der Waals surface area contributed by atoms with Crippen molar-refractivity contribution in [3.05, 3.63) is 0 Å². The number of likely N-dealkylation sites (tertiary alicyclic amines) is 1. The first-order valence-corrected chi connectivity index (χ1v) is 7.56. The predicted molar refractivity (Wildman–Crippen MR) is 71.5 cm³/mol. The molecule has 19 heavy (non-hydrogen) atoms. The van der Waals surface area contributed by atoms with Crippen molar-refractivity contribution in [2.75, 3.05) is 19.6 Å². The lowest BCUT2D eigenvalue weighted by Crippen LogP contribution is -2.51. The van der Waals surface area contributed by atoms with E-state index in [2.05, 4.69) is 15.5 Å². The van der Waals surface area contributed by atoms with Gasteiger partial charge >= 0.3 is 0 Å². The van der Waals surface area contributed by atoms with E-state index < -0.39 is 0 Å². The van der Waals surface area contributed by atoms with E-state index in [1.165, 1.54) is 12.8 Å². The molecule has 0 aromatic carbocycles. The zero-order valence-electron chi connectivity index (χ0n) is 11.4. The van der Waals surface area contributed by atoms with Crippen LogP contribution in [0.2, 0.25) is 0 Å². The molecule has 0 saturated carbocycles. The summed E-state index contributed by atoms with van der Waals surface area (Å²) in [6.45, 7) is 2.51. The van der Waals surface area contributed by atoms with Crippen molar-refractivity contribution in [3.63, 3.8) is 0 Å². The van der Waals surface area contributed by atoms with Gasteiger partial charge in [-0.15, -0.1) is 0 Å². The molecule has 0 bridgehead atoms. The minimum Gasteiger partial charge on any atom is -0.355 e. The SMILES string of the molecule is O=C1CCC(C(=O)N2CCCC2C2CCCN2)CN1. The molecule has 0 aliphatic carbocycles. The maximum atomic E-state index is 12.6. The maximum absolute atomic E-state index is 12.6. The second-order valence-corrected chi connectivity index (χ2v) is 5.98. The highest BCUT2D eigenvalue weighted by Gasteiger charge is 2.38. The third-order valence-corrected chi connectivity index (χ3v) is 4.76. The quantitative estimate of drug-likeness (QED) is 0.752. The summed E-state index contributed by atoms with van der Waals surface area (Å²) >= 11 is 0. The van der Waals surface area contributed by atoms with Gasteiger partial charge in [-0.05, 0) is 38.6 Å². The Balaban J connectivity index is 1.63. The van der Waals surface area contributed by atoms with Crippen molar-refractivity contribution in [2.45, 2.75) is 50.6 Å². The van der Waals surface area contributed by atoms with Crippen LogP contribution in [0.15, 0.2) is 0 Å². The third-order valence-electron chi connectivity index (χ3n) is 4.76. The molecule has 5 nitrogen and oxygen atoms in total. The minimum atomic E-state index is -0.000275. The fraction of sp³-hybridized carbons (Fsp3) is 0.857. The summed E-state index contributed by atoms with van der Waals surface area (Å²) in [7, 11) is 0. The summed E-state index contributed by atoms with van der Waals surface area (Å²) in [6.07, 6.45) is 5.87.